The molecule has 0 saturated heterocycles. The topological polar surface area (TPSA) is 67.1 Å². The van der Waals surface area contributed by atoms with Gasteiger partial charge in [-0.3, -0.25) is 0 Å². The Balaban J connectivity index is 2.46. The molecule has 1 aromatic rings. The summed E-state index contributed by atoms with van der Waals surface area (Å²) >= 11 is 0. The number of nitrogens with one attached hydrogen (secondary N) is 2. The molecule has 0 aliphatic carbocycles. The predicted molar refractivity (Wildman–Crippen MR) is 66.3 cm³/mol. The standard InChI is InChI=1S/C12H18FN3O/c1-2-10(7-8-14)15-12(17)16-11-5-3-9(13)4-6-11/h3-6,10H,2,7-8,14H2,1H3,(H2,15,16,17). The Hall–Kier alpha value is -1.62. The van der Waals surface area contributed by atoms with Crippen molar-refractivity contribution in [2.75, 3.05) is 11.9 Å². The van der Waals surface area contributed by atoms with Crippen LogP contribution >= 0.6 is 0 Å². The molecule has 94 valence electrons. The summed E-state index contributed by atoms with van der Waals surface area (Å²) in [7, 11) is 0. The van der Waals surface area contributed by atoms with Crippen LogP contribution in [0.25, 0.3) is 0 Å². The Labute approximate surface area is 100 Å². The van der Waals surface area contributed by atoms with Crippen molar-refractivity contribution in [2.24, 2.45) is 5.73 Å². The number of benzene rings is 1. The average Bonchev–Trinajstić information content (AvgIpc) is 2.31. The highest BCUT2D eigenvalue weighted by Crippen LogP contribution is 2.08. The summed E-state index contributed by atoms with van der Waals surface area (Å²) in [6.07, 6.45) is 1.57. The zero-order valence-electron chi connectivity index (χ0n) is 9.87. The van der Waals surface area contributed by atoms with E-state index in [-0.39, 0.29) is 17.9 Å². The summed E-state index contributed by atoms with van der Waals surface area (Å²) in [5.74, 6) is -0.328. The number of rotatable bonds is 5. The van der Waals surface area contributed by atoms with Crippen LogP contribution in [0.2, 0.25) is 0 Å². The number of anilines is 1. The van der Waals surface area contributed by atoms with E-state index in [1.807, 2.05) is 6.92 Å². The molecule has 1 aromatic carbocycles. The Bertz CT molecular complexity index is 353. The fourth-order valence-electron chi connectivity index (χ4n) is 1.47. The first kappa shape index (κ1) is 13.4. The summed E-state index contributed by atoms with van der Waals surface area (Å²) in [5.41, 5.74) is 6.00. The van der Waals surface area contributed by atoms with Gasteiger partial charge < -0.3 is 16.4 Å². The molecule has 1 unspecified atom stereocenters. The van der Waals surface area contributed by atoms with E-state index < -0.39 is 0 Å². The lowest BCUT2D eigenvalue weighted by atomic mass is 10.1. The molecular formula is C12H18FN3O. The smallest absolute Gasteiger partial charge is 0.319 e. The number of urea groups is 1. The van der Waals surface area contributed by atoms with E-state index in [1.54, 1.807) is 0 Å². The monoisotopic (exact) mass is 239 g/mol. The van der Waals surface area contributed by atoms with Crippen LogP contribution in [0, 0.1) is 5.82 Å². The van der Waals surface area contributed by atoms with Gasteiger partial charge in [-0.2, -0.15) is 0 Å². The highest BCUT2D eigenvalue weighted by Gasteiger charge is 2.09. The molecule has 0 aliphatic heterocycles. The number of carbonyl (C=O) groups is 1. The SMILES string of the molecule is CCC(CCN)NC(=O)Nc1ccc(F)cc1. The van der Waals surface area contributed by atoms with Crippen LogP contribution in [0.15, 0.2) is 24.3 Å². The number of halogens is 1. The molecule has 0 heterocycles. The molecular weight excluding hydrogens is 221 g/mol. The fraction of sp³-hybridized carbons (Fsp3) is 0.417. The molecule has 1 atom stereocenters. The zero-order valence-corrected chi connectivity index (χ0v) is 9.87. The third kappa shape index (κ3) is 4.82. The third-order valence-electron chi connectivity index (χ3n) is 2.45. The molecule has 5 heteroatoms. The van der Waals surface area contributed by atoms with E-state index in [2.05, 4.69) is 10.6 Å². The number of hydrogen-bond acceptors (Lipinski definition) is 2. The van der Waals surface area contributed by atoms with Crippen LogP contribution < -0.4 is 16.4 Å². The second kappa shape index (κ2) is 6.85. The molecule has 0 bridgehead atoms. The van der Waals surface area contributed by atoms with E-state index in [0.29, 0.717) is 12.2 Å². The van der Waals surface area contributed by atoms with Crippen molar-refractivity contribution in [3.05, 3.63) is 30.1 Å². The Morgan fingerprint density at radius 1 is 1.41 bits per heavy atom. The van der Waals surface area contributed by atoms with Gasteiger partial charge in [0.25, 0.3) is 0 Å². The molecule has 1 rings (SSSR count). The van der Waals surface area contributed by atoms with E-state index in [9.17, 15) is 9.18 Å². The molecule has 0 saturated carbocycles. The molecule has 0 aliphatic rings. The predicted octanol–water partition coefficient (Wildman–Crippen LogP) is 2.07. The van der Waals surface area contributed by atoms with Crippen LogP contribution in [0.4, 0.5) is 14.9 Å². The lowest BCUT2D eigenvalue weighted by Crippen LogP contribution is -2.38. The molecule has 17 heavy (non-hydrogen) atoms. The number of amides is 2. The maximum Gasteiger partial charge on any atom is 0.319 e. The van der Waals surface area contributed by atoms with Gasteiger partial charge in [0, 0.05) is 11.7 Å². The maximum atomic E-state index is 12.6. The third-order valence-corrected chi connectivity index (χ3v) is 2.45. The van der Waals surface area contributed by atoms with Crippen molar-refractivity contribution in [2.45, 2.75) is 25.8 Å². The van der Waals surface area contributed by atoms with Crippen LogP contribution in [-0.2, 0) is 0 Å². The van der Waals surface area contributed by atoms with Gasteiger partial charge in [-0.1, -0.05) is 6.92 Å². The van der Waals surface area contributed by atoms with Gasteiger partial charge >= 0.3 is 6.03 Å². The highest BCUT2D eigenvalue weighted by atomic mass is 19.1. The van der Waals surface area contributed by atoms with Gasteiger partial charge in [0.15, 0.2) is 0 Å². The summed E-state index contributed by atoms with van der Waals surface area (Å²) in [6.45, 7) is 2.52. The number of carbonyl (C=O) groups excluding carboxylic acids is 1. The van der Waals surface area contributed by atoms with Crippen LogP contribution in [0.3, 0.4) is 0 Å². The van der Waals surface area contributed by atoms with E-state index in [0.717, 1.165) is 12.8 Å². The van der Waals surface area contributed by atoms with Gasteiger partial charge in [-0.05, 0) is 43.7 Å². The second-order valence-corrected chi connectivity index (χ2v) is 3.79. The van der Waals surface area contributed by atoms with Crippen molar-refractivity contribution < 1.29 is 9.18 Å². The van der Waals surface area contributed by atoms with Gasteiger partial charge in [-0.25, -0.2) is 9.18 Å². The molecule has 0 fully saturated rings. The number of hydrogen-bond donors (Lipinski definition) is 3. The lowest BCUT2D eigenvalue weighted by molar-refractivity contribution is 0.247. The van der Waals surface area contributed by atoms with E-state index in [4.69, 9.17) is 5.73 Å². The van der Waals surface area contributed by atoms with Crippen LogP contribution in [0.5, 0.6) is 0 Å². The molecule has 4 nitrogen and oxygen atoms in total. The Morgan fingerprint density at radius 2 is 2.06 bits per heavy atom. The molecule has 0 spiro atoms. The van der Waals surface area contributed by atoms with Crippen LogP contribution in [0.1, 0.15) is 19.8 Å². The quantitative estimate of drug-likeness (QED) is 0.736. The Kier molecular flexibility index (Phi) is 5.42. The van der Waals surface area contributed by atoms with Crippen molar-refractivity contribution in [1.29, 1.82) is 0 Å². The van der Waals surface area contributed by atoms with Crippen LogP contribution in [-0.4, -0.2) is 18.6 Å². The van der Waals surface area contributed by atoms with Gasteiger partial charge in [0.05, 0.1) is 0 Å². The fourth-order valence-corrected chi connectivity index (χ4v) is 1.47. The maximum absolute atomic E-state index is 12.6. The minimum atomic E-state index is -0.328. The van der Waals surface area contributed by atoms with Gasteiger partial charge in [-0.15, -0.1) is 0 Å². The first-order valence-corrected chi connectivity index (χ1v) is 5.69. The normalized spacial score (nSPS) is 11.9. The van der Waals surface area contributed by atoms with Crippen molar-refractivity contribution in [3.63, 3.8) is 0 Å². The summed E-state index contributed by atoms with van der Waals surface area (Å²) in [6, 6.07) is 5.40. The second-order valence-electron chi connectivity index (χ2n) is 3.79. The van der Waals surface area contributed by atoms with E-state index in [1.165, 1.54) is 24.3 Å². The van der Waals surface area contributed by atoms with Crippen molar-refractivity contribution in [3.8, 4) is 0 Å². The minimum Gasteiger partial charge on any atom is -0.335 e. The zero-order chi connectivity index (χ0) is 12.7. The lowest BCUT2D eigenvalue weighted by Gasteiger charge is -2.16. The molecule has 4 N–H and O–H groups in total. The summed E-state index contributed by atoms with van der Waals surface area (Å²) in [4.78, 5) is 11.6. The summed E-state index contributed by atoms with van der Waals surface area (Å²) in [5, 5.41) is 5.44. The first-order chi connectivity index (χ1) is 8.15. The molecule has 0 radical (unpaired) electrons. The van der Waals surface area contributed by atoms with E-state index >= 15 is 0 Å². The summed E-state index contributed by atoms with van der Waals surface area (Å²) < 4.78 is 12.6. The largest absolute Gasteiger partial charge is 0.335 e. The number of nitrogens with two attached hydrogens (primary N) is 1. The average molecular weight is 239 g/mol. The molecule has 0 aromatic heterocycles. The Morgan fingerprint density at radius 3 is 2.59 bits per heavy atom. The van der Waals surface area contributed by atoms with Crippen molar-refractivity contribution >= 4 is 11.7 Å². The minimum absolute atomic E-state index is 0.0699. The first-order valence-electron chi connectivity index (χ1n) is 5.69. The van der Waals surface area contributed by atoms with Crippen molar-refractivity contribution in [1.82, 2.24) is 5.32 Å². The highest BCUT2D eigenvalue weighted by molar-refractivity contribution is 5.89. The molecule has 2 amide bonds. The van der Waals surface area contributed by atoms with Gasteiger partial charge in [0.2, 0.25) is 0 Å². The van der Waals surface area contributed by atoms with Gasteiger partial charge in [0.1, 0.15) is 5.82 Å².